The average Bonchev–Trinajstić information content (AvgIpc) is 2.46. The number of rotatable bonds is 0. The van der Waals surface area contributed by atoms with Crippen molar-refractivity contribution in [3.8, 4) is 11.5 Å². The van der Waals surface area contributed by atoms with Crippen LogP contribution in [0, 0.1) is 5.21 Å². The average molecular weight is 290 g/mol. The minimum atomic E-state index is 0.496. The van der Waals surface area contributed by atoms with Crippen LogP contribution in [0.1, 0.15) is 5.56 Å². The molecule has 0 N–H and O–H groups in total. The lowest BCUT2D eigenvalue weighted by Gasteiger charge is -2.06. The minimum Gasteiger partial charge on any atom is -0.618 e. The van der Waals surface area contributed by atoms with Crippen molar-refractivity contribution in [3.63, 3.8) is 0 Å². The van der Waals surface area contributed by atoms with Crippen molar-refractivity contribution in [3.05, 3.63) is 57.7 Å². The highest BCUT2D eigenvalue weighted by Crippen LogP contribution is 2.36. The molecule has 2 aromatic carbocycles. The molecule has 1 aliphatic heterocycles. The predicted octanol–water partition coefficient (Wildman–Crippen LogP) is 3.82. The van der Waals surface area contributed by atoms with E-state index in [-0.39, 0.29) is 0 Å². The summed E-state index contributed by atoms with van der Waals surface area (Å²) in [5.41, 5.74) is 1.27. The Kier molecular flexibility index (Phi) is 2.37. The van der Waals surface area contributed by atoms with Crippen molar-refractivity contribution >= 4 is 27.8 Å². The van der Waals surface area contributed by atoms with E-state index in [1.807, 2.05) is 30.3 Å². The van der Waals surface area contributed by atoms with Gasteiger partial charge in [-0.15, -0.1) is 0 Å². The van der Waals surface area contributed by atoms with E-state index in [9.17, 15) is 5.21 Å². The van der Waals surface area contributed by atoms with Crippen LogP contribution in [0.5, 0.6) is 11.5 Å². The van der Waals surface area contributed by atoms with Crippen molar-refractivity contribution in [2.45, 2.75) is 0 Å². The van der Waals surface area contributed by atoms with Gasteiger partial charge in [0.05, 0.1) is 5.56 Å². The minimum absolute atomic E-state index is 0.496. The van der Waals surface area contributed by atoms with Gasteiger partial charge >= 0.3 is 0 Å². The second kappa shape index (κ2) is 3.89. The molecule has 17 heavy (non-hydrogen) atoms. The first-order valence-electron chi connectivity index (χ1n) is 5.12. The van der Waals surface area contributed by atoms with Crippen LogP contribution in [0.2, 0.25) is 0 Å². The molecule has 1 heterocycles. The molecular weight excluding hydrogens is 282 g/mol. The van der Waals surface area contributed by atoms with E-state index in [0.717, 1.165) is 14.8 Å². The molecule has 0 unspecified atom stereocenters. The van der Waals surface area contributed by atoms with E-state index in [2.05, 4.69) is 15.9 Å². The molecule has 4 heteroatoms. The lowest BCUT2D eigenvalue weighted by atomic mass is 10.2. The summed E-state index contributed by atoms with van der Waals surface area (Å²) < 4.78 is 7.41. The van der Waals surface area contributed by atoms with Crippen molar-refractivity contribution < 1.29 is 9.48 Å². The zero-order valence-corrected chi connectivity index (χ0v) is 10.3. The molecule has 0 bridgehead atoms. The van der Waals surface area contributed by atoms with Crippen LogP contribution in [0.4, 0.5) is 5.69 Å². The molecule has 0 saturated carbocycles. The quantitative estimate of drug-likeness (QED) is 0.546. The molecule has 0 amide bonds. The molecule has 0 radical (unpaired) electrons. The molecule has 0 spiro atoms. The van der Waals surface area contributed by atoms with E-state index >= 15 is 0 Å². The summed E-state index contributed by atoms with van der Waals surface area (Å²) in [6.45, 7) is 0. The summed E-state index contributed by atoms with van der Waals surface area (Å²) in [7, 11) is 0. The zero-order chi connectivity index (χ0) is 11.8. The lowest BCUT2D eigenvalue weighted by molar-refractivity contribution is -0.354. The SMILES string of the molecule is [O-][N+]1=Cc2ccccc2Oc2ccc(Br)cc21. The van der Waals surface area contributed by atoms with E-state index in [1.165, 1.54) is 6.21 Å². The number of fused-ring (bicyclic) bond motifs is 2. The molecule has 0 aromatic heterocycles. The third kappa shape index (κ3) is 1.80. The molecular formula is C13H8BrNO2. The number of hydrogen-bond acceptors (Lipinski definition) is 2. The second-order valence-electron chi connectivity index (χ2n) is 3.71. The van der Waals surface area contributed by atoms with Crippen molar-refractivity contribution in [2.24, 2.45) is 0 Å². The number of halogens is 1. The van der Waals surface area contributed by atoms with Gasteiger partial charge in [0.2, 0.25) is 0 Å². The highest BCUT2D eigenvalue weighted by Gasteiger charge is 2.19. The van der Waals surface area contributed by atoms with E-state index in [1.54, 1.807) is 12.1 Å². The van der Waals surface area contributed by atoms with Crippen LogP contribution in [-0.4, -0.2) is 11.0 Å². The van der Waals surface area contributed by atoms with Gasteiger partial charge in [-0.1, -0.05) is 28.1 Å². The fourth-order valence-corrected chi connectivity index (χ4v) is 2.09. The maximum atomic E-state index is 12.0. The summed E-state index contributed by atoms with van der Waals surface area (Å²) in [4.78, 5) is 0. The van der Waals surface area contributed by atoms with Gasteiger partial charge in [0, 0.05) is 10.5 Å². The van der Waals surface area contributed by atoms with Gasteiger partial charge in [0.1, 0.15) is 5.75 Å². The zero-order valence-electron chi connectivity index (χ0n) is 8.76. The highest BCUT2D eigenvalue weighted by molar-refractivity contribution is 9.10. The Bertz CT molecular complexity index is 623. The van der Waals surface area contributed by atoms with Gasteiger partial charge in [-0.3, -0.25) is 0 Å². The first-order valence-corrected chi connectivity index (χ1v) is 5.91. The molecule has 2 aromatic rings. The number of ether oxygens (including phenoxy) is 1. The van der Waals surface area contributed by atoms with Gasteiger partial charge in [-0.05, 0) is 24.3 Å². The maximum absolute atomic E-state index is 12.0. The van der Waals surface area contributed by atoms with Crippen LogP contribution >= 0.6 is 15.9 Å². The predicted molar refractivity (Wildman–Crippen MR) is 69.1 cm³/mol. The number of nitrogens with zero attached hydrogens (tertiary/aromatic N) is 1. The van der Waals surface area contributed by atoms with Gasteiger partial charge in [-0.2, -0.15) is 4.74 Å². The normalized spacial score (nSPS) is 12.9. The van der Waals surface area contributed by atoms with Crippen LogP contribution in [-0.2, 0) is 0 Å². The van der Waals surface area contributed by atoms with Crippen LogP contribution < -0.4 is 4.74 Å². The first-order chi connectivity index (χ1) is 8.24. The Balaban J connectivity index is 2.24. The summed E-state index contributed by atoms with van der Waals surface area (Å²) in [5.74, 6) is 1.25. The van der Waals surface area contributed by atoms with Crippen LogP contribution in [0.25, 0.3) is 0 Å². The third-order valence-corrected chi connectivity index (χ3v) is 3.05. The van der Waals surface area contributed by atoms with Gasteiger partial charge in [-0.25, -0.2) is 0 Å². The molecule has 3 rings (SSSR count). The van der Waals surface area contributed by atoms with Crippen molar-refractivity contribution in [2.75, 3.05) is 0 Å². The summed E-state index contributed by atoms with van der Waals surface area (Å²) in [6, 6.07) is 12.8. The molecule has 84 valence electrons. The molecule has 1 aliphatic rings. The monoisotopic (exact) mass is 289 g/mol. The molecule has 0 atom stereocenters. The van der Waals surface area contributed by atoms with Crippen molar-refractivity contribution in [1.82, 2.24) is 0 Å². The Morgan fingerprint density at radius 3 is 2.76 bits per heavy atom. The topological polar surface area (TPSA) is 35.3 Å². The molecule has 0 saturated heterocycles. The molecule has 0 fully saturated rings. The summed E-state index contributed by atoms with van der Waals surface area (Å²) >= 11 is 3.34. The van der Waals surface area contributed by atoms with Crippen LogP contribution in [0.3, 0.4) is 0 Å². The Morgan fingerprint density at radius 2 is 1.88 bits per heavy atom. The van der Waals surface area contributed by atoms with Crippen molar-refractivity contribution in [1.29, 1.82) is 0 Å². The van der Waals surface area contributed by atoms with Gasteiger partial charge in [0.25, 0.3) is 5.69 Å². The second-order valence-corrected chi connectivity index (χ2v) is 4.62. The van der Waals surface area contributed by atoms with Gasteiger partial charge < -0.3 is 9.94 Å². The maximum Gasteiger partial charge on any atom is 0.260 e. The van der Waals surface area contributed by atoms with Gasteiger partial charge in [0.15, 0.2) is 12.0 Å². The number of benzene rings is 2. The Morgan fingerprint density at radius 1 is 1.06 bits per heavy atom. The third-order valence-electron chi connectivity index (χ3n) is 2.55. The van der Waals surface area contributed by atoms with Crippen LogP contribution in [0.15, 0.2) is 46.9 Å². The summed E-state index contributed by atoms with van der Waals surface area (Å²) in [5, 5.41) is 12.0. The standard InChI is InChI=1S/C13H8BrNO2/c14-10-5-6-13-11(7-10)15(16)8-9-3-1-2-4-12(9)17-13/h1-8H. The highest BCUT2D eigenvalue weighted by atomic mass is 79.9. The number of para-hydroxylation sites is 1. The largest absolute Gasteiger partial charge is 0.618 e. The molecule has 3 nitrogen and oxygen atoms in total. The fraction of sp³-hybridized carbons (Fsp3) is 0. The Hall–Kier alpha value is -1.81. The Labute approximate surface area is 107 Å². The number of hydrogen-bond donors (Lipinski definition) is 0. The first kappa shape index (κ1) is 10.4. The smallest absolute Gasteiger partial charge is 0.260 e. The van der Waals surface area contributed by atoms with E-state index in [4.69, 9.17) is 4.74 Å². The molecule has 0 aliphatic carbocycles. The lowest BCUT2D eigenvalue weighted by Crippen LogP contribution is -1.96. The summed E-state index contributed by atoms with van der Waals surface area (Å²) in [6.07, 6.45) is 1.52. The fourth-order valence-electron chi connectivity index (χ4n) is 1.74. The van der Waals surface area contributed by atoms with E-state index in [0.29, 0.717) is 17.2 Å². The van der Waals surface area contributed by atoms with E-state index < -0.39 is 0 Å².